The van der Waals surface area contributed by atoms with Gasteiger partial charge in [-0.15, -0.1) is 0 Å². The molecule has 0 bridgehead atoms. The van der Waals surface area contributed by atoms with Gasteiger partial charge in [-0.2, -0.15) is 0 Å². The minimum absolute atomic E-state index is 0.101. The first-order valence-electron chi connectivity index (χ1n) is 3.96. The van der Waals surface area contributed by atoms with E-state index in [1.165, 1.54) is 0 Å². The molecular weight excluding hydrogens is 354 g/mol. The van der Waals surface area contributed by atoms with E-state index < -0.39 is 9.05 Å². The van der Waals surface area contributed by atoms with Gasteiger partial charge in [0, 0.05) is 0 Å². The number of rotatable bonds is 0. The van der Waals surface area contributed by atoms with Crippen LogP contribution >= 0.6 is 43.5 Å². The molecule has 0 spiro atoms. The van der Waals surface area contributed by atoms with Crippen molar-refractivity contribution in [2.24, 2.45) is 0 Å². The maximum atomic E-state index is 13.1. The Morgan fingerprint density at radius 1 is 1.47 bits per heavy atom. The minimum atomic E-state index is -0.996. The fourth-order valence-corrected chi connectivity index (χ4v) is 2.22. The molecule has 15 heavy (non-hydrogen) atoms. The lowest BCUT2D eigenvalue weighted by Crippen LogP contribution is -2.36. The van der Waals surface area contributed by atoms with Crippen LogP contribution in [-0.2, 0) is 0 Å². The van der Waals surface area contributed by atoms with Crippen LogP contribution in [0.25, 0.3) is 0 Å². The number of Topliss-reactive ketones (excluding diaryl/α,β-unsaturated/α-hetero) is 1. The van der Waals surface area contributed by atoms with Crippen LogP contribution in [0.5, 0.6) is 5.75 Å². The van der Waals surface area contributed by atoms with Crippen molar-refractivity contribution in [2.75, 3.05) is 6.61 Å². The molecule has 1 aliphatic heterocycles. The number of benzene rings is 1. The zero-order chi connectivity index (χ0) is 11.2. The van der Waals surface area contributed by atoms with E-state index in [0.29, 0.717) is 0 Å². The minimum Gasteiger partial charge on any atom is -0.488 e. The average molecular weight is 358 g/mol. The molecule has 0 N–H and O–H groups in total. The highest BCUT2D eigenvalue weighted by atomic mass is 79.9. The average Bonchev–Trinajstić information content (AvgIpc) is 2.12. The number of hydrogen-bond donors (Lipinski definition) is 0. The number of ketones is 1. The van der Waals surface area contributed by atoms with Gasteiger partial charge in [0.05, 0.1) is 10.6 Å². The van der Waals surface area contributed by atoms with Crippen LogP contribution in [0.4, 0.5) is 4.39 Å². The molecule has 6 heteroatoms. The Morgan fingerprint density at radius 3 is 2.80 bits per heavy atom. The summed E-state index contributed by atoms with van der Waals surface area (Å²) in [6.07, 6.45) is 0. The Hall–Kier alpha value is -0.130. The predicted molar refractivity (Wildman–Crippen MR) is 61.8 cm³/mol. The number of halogens is 4. The standard InChI is InChI=1S/C9H4Br2ClFO2/c10-9(11)3-15-7-5(8(9)14)1-4(13)2-6(7)12/h1-2H,3H2. The van der Waals surface area contributed by atoms with Crippen molar-refractivity contribution in [1.29, 1.82) is 0 Å². The summed E-state index contributed by atoms with van der Waals surface area (Å²) in [7, 11) is 0. The molecule has 0 unspecified atom stereocenters. The number of carbonyl (C=O) groups is 1. The summed E-state index contributed by atoms with van der Waals surface area (Å²) in [5.74, 6) is -0.629. The SMILES string of the molecule is O=C1c2cc(F)cc(Cl)c2OCC1(Br)Br. The molecule has 1 heterocycles. The topological polar surface area (TPSA) is 26.3 Å². The number of alkyl halides is 2. The fraction of sp³-hybridized carbons (Fsp3) is 0.222. The third-order valence-corrected chi connectivity index (χ3v) is 3.44. The third kappa shape index (κ3) is 1.92. The van der Waals surface area contributed by atoms with E-state index in [-0.39, 0.29) is 28.7 Å². The van der Waals surface area contributed by atoms with Gasteiger partial charge in [-0.1, -0.05) is 43.5 Å². The predicted octanol–water partition coefficient (Wildman–Crippen LogP) is 3.54. The van der Waals surface area contributed by atoms with Crippen LogP contribution in [0, 0.1) is 5.82 Å². The number of carbonyl (C=O) groups excluding carboxylic acids is 1. The number of fused-ring (bicyclic) bond motifs is 1. The normalized spacial score (nSPS) is 18.3. The van der Waals surface area contributed by atoms with E-state index in [0.717, 1.165) is 12.1 Å². The molecule has 1 aromatic carbocycles. The Balaban J connectivity index is 2.62. The van der Waals surface area contributed by atoms with E-state index in [9.17, 15) is 9.18 Å². The van der Waals surface area contributed by atoms with Crippen molar-refractivity contribution >= 4 is 49.2 Å². The molecule has 0 radical (unpaired) electrons. The Bertz CT molecular complexity index is 448. The summed E-state index contributed by atoms with van der Waals surface area (Å²) in [5, 5.41) is 0.105. The smallest absolute Gasteiger partial charge is 0.197 e. The molecule has 0 saturated carbocycles. The van der Waals surface area contributed by atoms with E-state index in [2.05, 4.69) is 31.9 Å². The fourth-order valence-electron chi connectivity index (χ4n) is 1.30. The summed E-state index contributed by atoms with van der Waals surface area (Å²) < 4.78 is 17.3. The van der Waals surface area contributed by atoms with Crippen molar-refractivity contribution in [3.63, 3.8) is 0 Å². The van der Waals surface area contributed by atoms with Crippen molar-refractivity contribution < 1.29 is 13.9 Å². The van der Waals surface area contributed by atoms with Gasteiger partial charge < -0.3 is 4.74 Å². The van der Waals surface area contributed by atoms with Crippen molar-refractivity contribution in [2.45, 2.75) is 3.23 Å². The van der Waals surface area contributed by atoms with Gasteiger partial charge in [0.1, 0.15) is 18.2 Å². The zero-order valence-corrected chi connectivity index (χ0v) is 11.1. The largest absolute Gasteiger partial charge is 0.488 e. The van der Waals surface area contributed by atoms with Crippen molar-refractivity contribution in [1.82, 2.24) is 0 Å². The lowest BCUT2D eigenvalue weighted by atomic mass is 10.0. The maximum absolute atomic E-state index is 13.1. The summed E-state index contributed by atoms with van der Waals surface area (Å²) in [6.45, 7) is 0.101. The highest BCUT2D eigenvalue weighted by Crippen LogP contribution is 2.42. The van der Waals surface area contributed by atoms with Gasteiger partial charge in [0.15, 0.2) is 9.02 Å². The molecule has 0 atom stereocenters. The molecule has 1 aliphatic rings. The quantitative estimate of drug-likeness (QED) is 0.663. The van der Waals surface area contributed by atoms with Crippen LogP contribution in [-0.4, -0.2) is 15.6 Å². The van der Waals surface area contributed by atoms with E-state index in [1.54, 1.807) is 0 Å². The highest BCUT2D eigenvalue weighted by molar-refractivity contribution is 9.26. The number of hydrogen-bond acceptors (Lipinski definition) is 2. The Kier molecular flexibility index (Phi) is 2.81. The second kappa shape index (κ2) is 3.71. The summed E-state index contributed by atoms with van der Waals surface area (Å²) in [5.41, 5.74) is 0.139. The molecule has 2 rings (SSSR count). The third-order valence-electron chi connectivity index (χ3n) is 1.98. The monoisotopic (exact) mass is 356 g/mol. The van der Waals surface area contributed by atoms with Crippen LogP contribution in [0.1, 0.15) is 10.4 Å². The summed E-state index contributed by atoms with van der Waals surface area (Å²) in [6, 6.07) is 2.23. The molecule has 2 nitrogen and oxygen atoms in total. The molecule has 0 aliphatic carbocycles. The molecule has 80 valence electrons. The molecule has 1 aromatic rings. The van der Waals surface area contributed by atoms with Crippen LogP contribution in [0.15, 0.2) is 12.1 Å². The lowest BCUT2D eigenvalue weighted by Gasteiger charge is -2.27. The van der Waals surface area contributed by atoms with Gasteiger partial charge in [0.25, 0.3) is 0 Å². The first kappa shape index (κ1) is 11.4. The van der Waals surface area contributed by atoms with Gasteiger partial charge in [-0.25, -0.2) is 4.39 Å². The molecule has 0 aromatic heterocycles. The molecule has 0 fully saturated rings. The summed E-state index contributed by atoms with van der Waals surface area (Å²) in [4.78, 5) is 11.8. The zero-order valence-electron chi connectivity index (χ0n) is 7.19. The molecular formula is C9H4Br2ClFO2. The van der Waals surface area contributed by atoms with E-state index in [1.807, 2.05) is 0 Å². The van der Waals surface area contributed by atoms with Crippen LogP contribution in [0.2, 0.25) is 5.02 Å². The maximum Gasteiger partial charge on any atom is 0.197 e. The van der Waals surface area contributed by atoms with Gasteiger partial charge in [0.2, 0.25) is 0 Å². The summed E-state index contributed by atoms with van der Waals surface area (Å²) >= 11 is 12.1. The van der Waals surface area contributed by atoms with Crippen LogP contribution in [0.3, 0.4) is 0 Å². The second-order valence-corrected chi connectivity index (χ2v) is 7.27. The number of ether oxygens (including phenoxy) is 1. The first-order valence-corrected chi connectivity index (χ1v) is 5.93. The highest BCUT2D eigenvalue weighted by Gasteiger charge is 2.40. The van der Waals surface area contributed by atoms with Crippen molar-refractivity contribution in [3.8, 4) is 5.75 Å². The van der Waals surface area contributed by atoms with Gasteiger partial charge >= 0.3 is 0 Å². The van der Waals surface area contributed by atoms with Gasteiger partial charge in [-0.3, -0.25) is 4.79 Å². The first-order chi connectivity index (χ1) is 6.92. The second-order valence-electron chi connectivity index (χ2n) is 3.09. The molecule has 0 saturated heterocycles. The molecule has 0 amide bonds. The van der Waals surface area contributed by atoms with E-state index >= 15 is 0 Å². The Labute approximate surface area is 107 Å². The Morgan fingerprint density at radius 2 is 2.13 bits per heavy atom. The lowest BCUT2D eigenvalue weighted by molar-refractivity contribution is 0.0932. The van der Waals surface area contributed by atoms with Gasteiger partial charge in [-0.05, 0) is 12.1 Å². The van der Waals surface area contributed by atoms with Crippen molar-refractivity contribution in [3.05, 3.63) is 28.5 Å². The van der Waals surface area contributed by atoms with E-state index in [4.69, 9.17) is 16.3 Å². The van der Waals surface area contributed by atoms with Crippen LogP contribution < -0.4 is 4.74 Å².